The largest absolute Gasteiger partial charge is 0.463 e. The summed E-state index contributed by atoms with van der Waals surface area (Å²) < 4.78 is 52.0. The zero-order valence-corrected chi connectivity index (χ0v) is 79.5. The molecule has 790 valence electrons. The summed E-state index contributed by atoms with van der Waals surface area (Å²) >= 11 is 0. The highest BCUT2D eigenvalue weighted by atomic mass is 16.7. The predicted octanol–water partition coefficient (Wildman–Crippen LogP) is 28.3. The Morgan fingerprint density at radius 1 is 0.351 bits per heavy atom. The highest BCUT2D eigenvalue weighted by Gasteiger charge is 2.67. The Hall–Kier alpha value is -4.40. The number of ether oxygens (including phenoxy) is 9. The zero-order chi connectivity index (χ0) is 89.2. The van der Waals surface area contributed by atoms with Gasteiger partial charge in [-0.25, -0.2) is 4.79 Å². The van der Waals surface area contributed by atoms with Gasteiger partial charge in [0.15, 0.2) is 6.79 Å². The quantitative estimate of drug-likeness (QED) is 0.0460. The molecule has 21 aliphatic carbocycles. The molecule has 0 radical (unpaired) electrons. The van der Waals surface area contributed by atoms with Crippen molar-refractivity contribution in [2.75, 3.05) is 13.4 Å². The van der Waals surface area contributed by atoms with Crippen molar-refractivity contribution >= 4 is 47.8 Å². The van der Waals surface area contributed by atoms with Crippen molar-refractivity contribution in [1.82, 2.24) is 0 Å². The van der Waals surface area contributed by atoms with E-state index in [1.807, 2.05) is 104 Å². The van der Waals surface area contributed by atoms with Crippen LogP contribution in [-0.2, 0) is 81.0 Å². The van der Waals surface area contributed by atoms with E-state index in [2.05, 4.69) is 20.8 Å². The Bertz CT molecular complexity index is 3600. The number of hydrogen-bond acceptors (Lipinski definition) is 20. The highest BCUT2D eigenvalue weighted by Crippen LogP contribution is 2.66. The van der Waals surface area contributed by atoms with Gasteiger partial charge in [0, 0.05) is 32.1 Å². The molecule has 7 atom stereocenters. The lowest BCUT2D eigenvalue weighted by Gasteiger charge is -2.62. The van der Waals surface area contributed by atoms with Crippen molar-refractivity contribution in [1.29, 1.82) is 0 Å². The van der Waals surface area contributed by atoms with Crippen LogP contribution < -0.4 is 0 Å². The lowest BCUT2D eigenvalue weighted by Crippen LogP contribution is -2.67. The third kappa shape index (κ3) is 28.1. The molecule has 134 heavy (non-hydrogen) atoms. The lowest BCUT2D eigenvalue weighted by atomic mass is 9.48. The number of hydrogen-bond donors (Lipinski definition) is 3. The Balaban J connectivity index is 0.00000159. The second kappa shape index (κ2) is 49.1. The molecule has 0 aromatic heterocycles. The molecule has 22 fully saturated rings. The molecule has 1 heterocycles. The fraction of sp³-hybridized carbons (Fsp3) is 0.930. The van der Waals surface area contributed by atoms with Crippen molar-refractivity contribution in [3.63, 3.8) is 0 Å². The fourth-order valence-electron chi connectivity index (χ4n) is 27.4. The molecule has 21 saturated carbocycles. The van der Waals surface area contributed by atoms with Crippen LogP contribution in [0.5, 0.6) is 0 Å². The smallest absolute Gasteiger partial charge is 0.347 e. The third-order valence-corrected chi connectivity index (χ3v) is 35.8. The van der Waals surface area contributed by atoms with Crippen LogP contribution in [0.1, 0.15) is 491 Å². The van der Waals surface area contributed by atoms with Gasteiger partial charge < -0.3 is 58.0 Å². The van der Waals surface area contributed by atoms with E-state index in [0.717, 1.165) is 159 Å². The molecule has 20 heteroatoms. The summed E-state index contributed by atoms with van der Waals surface area (Å²) in [4.78, 5) is 98.3. The second-order valence-corrected chi connectivity index (χ2v) is 47.8. The van der Waals surface area contributed by atoms with Gasteiger partial charge in [0.25, 0.3) is 0 Å². The Labute approximate surface area is 822 Å². The third-order valence-electron chi connectivity index (χ3n) is 35.8. The number of cyclic esters (lactones) is 1. The average Bonchev–Trinajstić information content (AvgIpc) is 0.746. The summed E-state index contributed by atoms with van der Waals surface area (Å²) in [5.41, 5.74) is -6.46. The summed E-state index contributed by atoms with van der Waals surface area (Å²) in [6.07, 6.45) is 39.9. The van der Waals surface area contributed by atoms with Crippen molar-refractivity contribution in [2.45, 2.75) is 548 Å². The van der Waals surface area contributed by atoms with Crippen molar-refractivity contribution in [3.8, 4) is 0 Å². The van der Waals surface area contributed by atoms with Crippen LogP contribution in [-0.4, -0.2) is 134 Å². The molecule has 7 unspecified atom stereocenters. The van der Waals surface area contributed by atoms with Gasteiger partial charge >= 0.3 is 47.8 Å². The van der Waals surface area contributed by atoms with Crippen LogP contribution in [0.25, 0.3) is 0 Å². The Kier molecular flexibility index (Phi) is 47.4. The molecule has 3 N–H and O–H groups in total. The summed E-state index contributed by atoms with van der Waals surface area (Å²) in [6, 6.07) is 0. The van der Waals surface area contributed by atoms with E-state index in [0.29, 0.717) is 104 Å². The number of carbonyl (C=O) groups excluding carboxylic acids is 8. The molecular weight excluding hydrogens is 1690 g/mol. The molecular formula is C114H214O20. The van der Waals surface area contributed by atoms with Gasteiger partial charge in [0.05, 0.1) is 67.4 Å². The molecule has 22 aliphatic rings. The van der Waals surface area contributed by atoms with Gasteiger partial charge in [0.1, 0.15) is 28.5 Å². The van der Waals surface area contributed by atoms with Crippen LogP contribution in [0.2, 0.25) is 0 Å². The topological polar surface area (TPSA) is 280 Å². The molecule has 22 rings (SSSR count). The Morgan fingerprint density at radius 2 is 0.709 bits per heavy atom. The van der Waals surface area contributed by atoms with Crippen LogP contribution in [0.3, 0.4) is 0 Å². The minimum atomic E-state index is -0.842. The number of aliphatic hydroxyl groups is 3. The first-order valence-corrected chi connectivity index (χ1v) is 49.4. The Morgan fingerprint density at radius 3 is 1.10 bits per heavy atom. The van der Waals surface area contributed by atoms with Gasteiger partial charge in [-0.15, -0.1) is 0 Å². The summed E-state index contributed by atoms with van der Waals surface area (Å²) in [5, 5.41) is 32.0. The van der Waals surface area contributed by atoms with E-state index >= 15 is 0 Å². The van der Waals surface area contributed by atoms with Crippen LogP contribution in [0, 0.1) is 121 Å². The molecule has 20 bridgehead atoms. The zero-order valence-electron chi connectivity index (χ0n) is 79.5. The van der Waals surface area contributed by atoms with Crippen molar-refractivity contribution < 1.29 is 96.3 Å². The maximum absolute atomic E-state index is 13.4. The van der Waals surface area contributed by atoms with Gasteiger partial charge in [0.2, 0.25) is 6.10 Å². The summed E-state index contributed by atoms with van der Waals surface area (Å²) in [5.74, 6) is 7.75. The van der Waals surface area contributed by atoms with Gasteiger partial charge in [-0.05, 0) is 391 Å². The van der Waals surface area contributed by atoms with E-state index in [9.17, 15) is 53.7 Å². The number of rotatable bonds is 24. The highest BCUT2D eigenvalue weighted by molar-refractivity contribution is 5.83. The first-order valence-electron chi connectivity index (χ1n) is 49.4. The van der Waals surface area contributed by atoms with E-state index in [1.165, 1.54) is 89.9 Å². The van der Waals surface area contributed by atoms with Crippen LogP contribution in [0.15, 0.2) is 0 Å². The average molecular weight is 1900 g/mol. The van der Waals surface area contributed by atoms with Crippen molar-refractivity contribution in [2.24, 2.45) is 121 Å². The maximum atomic E-state index is 13.4. The van der Waals surface area contributed by atoms with Crippen LogP contribution >= 0.6 is 0 Å². The normalized spacial score (nSPS) is 36.0. The molecule has 1 aliphatic heterocycles. The van der Waals surface area contributed by atoms with Gasteiger partial charge in [-0.3, -0.25) is 33.6 Å². The van der Waals surface area contributed by atoms with Crippen molar-refractivity contribution in [3.05, 3.63) is 0 Å². The molecule has 1 saturated heterocycles. The standard InChI is InChI=1S/C28H42O5.C18H30O2.C16H26O4.C16H26O3.C14H26O2.C10H16O4.12CH4/c1-4-27(2,3)25(29)33-24-21-10-18-11-22(24)14-28(12-18,13-21)26(30)32-15-31-23-19-6-16-5-17(8-19)9-20(23)7-16;1-5-17(3,4)16(19)20-18(6-2)14-8-12-7-13(10-14)11-15(18)9-12;1-4-13(2,3)12(17)20-16-7-11-5-14(18,9-16)8-15(19,6-11)10-16;1-4-14(2,3)13(17)19-16-8-11-5-12(9-16)7-15(18,6-11)10-16;1-5-13(3,4)12(15)16-14(6-2)10-8-7-9-11-14;1-4-10(2,3)9(12)14-7-5-6-13-8(7)11;;;;;;;;;;;;/h16-24H,4-15H2,1-3H3;12-15H,5-11H2,1-4H3;11,18-19H,4-10H2,1-3H3;11-12,18H,4-10H2,1-3H3;5-11H2,1-4H3;7H,4-6H2,1-3H3;12*1H4. The number of esters is 8. The maximum Gasteiger partial charge on any atom is 0.347 e. The van der Waals surface area contributed by atoms with Crippen LogP contribution in [0.4, 0.5) is 0 Å². The minimum absolute atomic E-state index is 0. The van der Waals surface area contributed by atoms with E-state index < -0.39 is 56.1 Å². The molecule has 0 aromatic rings. The summed E-state index contributed by atoms with van der Waals surface area (Å²) in [6.45, 7) is 40.1. The minimum Gasteiger partial charge on any atom is -0.463 e. The number of carbonyl (C=O) groups is 8. The molecule has 0 aromatic carbocycles. The monoisotopic (exact) mass is 1900 g/mol. The molecule has 0 amide bonds. The molecule has 0 spiro atoms. The van der Waals surface area contributed by atoms with Gasteiger partial charge in [-0.1, -0.05) is 151 Å². The summed E-state index contributed by atoms with van der Waals surface area (Å²) in [7, 11) is 0. The predicted molar refractivity (Wildman–Crippen MR) is 546 cm³/mol. The van der Waals surface area contributed by atoms with E-state index in [1.54, 1.807) is 13.8 Å². The second-order valence-electron chi connectivity index (χ2n) is 47.8. The molecule has 20 nitrogen and oxygen atoms in total. The lowest BCUT2D eigenvalue weighted by molar-refractivity contribution is -0.264. The van der Waals surface area contributed by atoms with Gasteiger partial charge in [-0.2, -0.15) is 0 Å². The first kappa shape index (κ1) is 130. The fourth-order valence-corrected chi connectivity index (χ4v) is 27.4. The first-order chi connectivity index (χ1) is 57.0. The van der Waals surface area contributed by atoms with E-state index in [-0.39, 0.29) is 183 Å². The SMILES string of the molecule is C.C.C.C.C.C.C.C.C.C.C.C.CCC(C)(C)C(=O)OC1(CC)C2CC3CC(C2)CC1C3.CCC(C)(C)C(=O)OC12CC3CC(CC(O)(C3)C1)C2.CCC(C)(C)C(=O)OC12CC3CC(O)(CC(O)(C3)C1)C2.CCC(C)(C)C(=O)OC1C2CC3CC1CC(C(=O)OCOC1C4CC5CC(C4)CC1C5)(C3)C2.CCC(C)(C)C(=O)OC1CCOC1=O.CCC1(OC(=O)C(C)(C)CC)CCCCC1. The van der Waals surface area contributed by atoms with E-state index in [4.69, 9.17) is 42.6 Å².